The van der Waals surface area contributed by atoms with Gasteiger partial charge < -0.3 is 51.9 Å². The van der Waals surface area contributed by atoms with Gasteiger partial charge in [-0.05, 0) is 88.8 Å². The van der Waals surface area contributed by atoms with E-state index in [0.717, 1.165) is 30.3 Å². The first kappa shape index (κ1) is 49.9. The third-order valence-electron chi connectivity index (χ3n) is 12.1. The minimum atomic E-state index is -1.29. The van der Waals surface area contributed by atoms with Crippen LogP contribution in [0.4, 0.5) is 0 Å². The first-order chi connectivity index (χ1) is 31.6. The Labute approximate surface area is 382 Å². The van der Waals surface area contributed by atoms with Crippen molar-refractivity contribution in [1.82, 2.24) is 50.0 Å². The summed E-state index contributed by atoms with van der Waals surface area (Å²) in [5.41, 5.74) is -6.63. The van der Waals surface area contributed by atoms with Crippen molar-refractivity contribution in [3.05, 3.63) is 143 Å². The van der Waals surface area contributed by atoms with Gasteiger partial charge in [-0.2, -0.15) is 0 Å². The molecule has 0 aliphatic carbocycles. The number of hydrogen-bond donors (Lipinski definition) is 8. The van der Waals surface area contributed by atoms with Crippen molar-refractivity contribution in [2.45, 2.75) is 78.7 Å². The number of carbonyl (C=O) groups excluding carboxylic acids is 5. The van der Waals surface area contributed by atoms with Crippen LogP contribution >= 0.6 is 0 Å². The number of fused-ring (bicyclic) bond motifs is 2. The summed E-state index contributed by atoms with van der Waals surface area (Å²) in [5.74, 6) is -5.54. The van der Waals surface area contributed by atoms with E-state index < -0.39 is 105 Å². The van der Waals surface area contributed by atoms with E-state index in [1.54, 1.807) is 34.6 Å². The molecule has 358 valence electrons. The molecule has 4 aromatic heterocycles. The highest BCUT2D eigenvalue weighted by Gasteiger charge is 2.36. The van der Waals surface area contributed by atoms with Gasteiger partial charge >= 0.3 is 0 Å². The van der Waals surface area contributed by atoms with Gasteiger partial charge in [0, 0.05) is 49.9 Å². The molecule has 6 unspecified atom stereocenters. The van der Waals surface area contributed by atoms with Crippen molar-refractivity contribution in [2.75, 3.05) is 19.6 Å². The van der Waals surface area contributed by atoms with Gasteiger partial charge in [0.2, 0.25) is 0 Å². The van der Waals surface area contributed by atoms with Gasteiger partial charge in [-0.3, -0.25) is 43.2 Å². The van der Waals surface area contributed by atoms with Gasteiger partial charge in [-0.1, -0.05) is 32.6 Å². The van der Waals surface area contributed by atoms with Crippen LogP contribution in [0.1, 0.15) is 112 Å². The normalized spacial score (nSPS) is 21.8. The zero-order chi connectivity index (χ0) is 49.6. The lowest BCUT2D eigenvalue weighted by atomic mass is 9.89. The summed E-state index contributed by atoms with van der Waals surface area (Å²) in [4.78, 5) is 122. The number of carbonyl (C=O) groups is 5. The van der Waals surface area contributed by atoms with Crippen LogP contribution in [0.25, 0.3) is 5.70 Å². The van der Waals surface area contributed by atoms with E-state index in [0.29, 0.717) is 0 Å². The molecule has 67 heavy (non-hydrogen) atoms. The first-order valence-corrected chi connectivity index (χ1v) is 21.3. The summed E-state index contributed by atoms with van der Waals surface area (Å²) < 4.78 is 0.604. The molecule has 0 fully saturated rings. The molecule has 3 aliphatic rings. The lowest BCUT2D eigenvalue weighted by Gasteiger charge is -2.42. The fraction of sp³-hybridized carbons (Fsp3) is 0.386. The summed E-state index contributed by atoms with van der Waals surface area (Å²) in [7, 11) is 0. The highest BCUT2D eigenvalue weighted by Crippen LogP contribution is 2.26. The Morgan fingerprint density at radius 3 is 1.66 bits per heavy atom. The van der Waals surface area contributed by atoms with Gasteiger partial charge in [0.05, 0.1) is 11.9 Å². The van der Waals surface area contributed by atoms with Gasteiger partial charge in [-0.15, -0.1) is 18.9 Å². The SMILES string of the molecule is C=C1NCCCN(C(=O)c2cccc(=O)n2O)CCC(C)C(C)N(C(=O)c2cccc(=O)n2O)C(C)C(C)C(C)NC(=O)c2ccc(c(=O)n2O)C(=O)NC(C)NC(=O)c2ccc1n(O)c2=O. The quantitative estimate of drug-likeness (QED) is 0.128. The molecule has 5 amide bonds. The molecule has 23 heteroatoms. The first-order valence-electron chi connectivity index (χ1n) is 21.3. The molecule has 23 nitrogen and oxygen atoms in total. The second kappa shape index (κ2) is 20.8. The fourth-order valence-electron chi connectivity index (χ4n) is 7.58. The van der Waals surface area contributed by atoms with Crippen LogP contribution in [0.2, 0.25) is 0 Å². The Kier molecular flexibility index (Phi) is 15.5. The lowest BCUT2D eigenvalue weighted by molar-refractivity contribution is 0.0356. The monoisotopic (exact) mass is 930 g/mol. The smallest absolute Gasteiger partial charge is 0.296 e. The molecule has 4 bridgehead atoms. The van der Waals surface area contributed by atoms with E-state index >= 15 is 0 Å². The molecule has 6 atom stereocenters. The fourth-order valence-corrected chi connectivity index (χ4v) is 7.58. The molecular weight excluding hydrogens is 877 g/mol. The molecule has 0 spiro atoms. The molecular formula is C44H54N10O13. The van der Waals surface area contributed by atoms with E-state index in [2.05, 4.69) is 27.8 Å². The second-order valence-electron chi connectivity index (χ2n) is 16.4. The Hall–Kier alpha value is -8.11. The number of pyridine rings is 4. The average Bonchev–Trinajstić information content (AvgIpc) is 3.28. The van der Waals surface area contributed by atoms with Crippen LogP contribution in [0.5, 0.6) is 0 Å². The molecule has 0 saturated heterocycles. The van der Waals surface area contributed by atoms with Crippen molar-refractivity contribution in [3.63, 3.8) is 0 Å². The summed E-state index contributed by atoms with van der Waals surface area (Å²) in [5, 5.41) is 53.1. The van der Waals surface area contributed by atoms with E-state index in [4.69, 9.17) is 0 Å². The minimum Gasteiger partial charge on any atom is -0.425 e. The summed E-state index contributed by atoms with van der Waals surface area (Å²) in [6.45, 7) is 13.9. The maximum Gasteiger partial charge on any atom is 0.296 e. The topological polar surface area (TPSA) is 309 Å². The summed E-state index contributed by atoms with van der Waals surface area (Å²) in [6.07, 6.45) is -0.792. The predicted octanol–water partition coefficient (Wildman–Crippen LogP) is 0.595. The van der Waals surface area contributed by atoms with Crippen molar-refractivity contribution in [2.24, 2.45) is 11.8 Å². The standard InChI is InChI=1S/C44H54N10O13/c1-23-19-22-49(43(62)34-11-8-13-36(55)51(34)64)21-10-20-45-26(4)32-17-15-30(41(60)53(32)66)38(57)47-29(7)48-39(58)31-16-18-33(54(67)42(31)61)40(59)46-25(3)24(2)28(6)50(27(23)5)44(63)35-12-9-14-37(56)52(35)65/h8-9,11-18,23-25,27-29,45,64-67H,4,10,19-22H2,1-3,5-7H3,(H,46,59)(H,47,57)(H,48,58). The van der Waals surface area contributed by atoms with Crippen LogP contribution < -0.4 is 43.5 Å². The number of amides is 5. The van der Waals surface area contributed by atoms with Crippen molar-refractivity contribution < 1.29 is 44.8 Å². The molecule has 0 aromatic carbocycles. The van der Waals surface area contributed by atoms with Crippen LogP contribution in [-0.4, -0.2) is 123 Å². The Bertz CT molecular complexity index is 2830. The van der Waals surface area contributed by atoms with Gasteiger partial charge in [0.25, 0.3) is 51.8 Å². The highest BCUT2D eigenvalue weighted by molar-refractivity contribution is 5.98. The minimum absolute atomic E-state index is 0.0178. The third-order valence-corrected chi connectivity index (χ3v) is 12.1. The highest BCUT2D eigenvalue weighted by atomic mass is 16.5. The Morgan fingerprint density at radius 1 is 0.597 bits per heavy atom. The Morgan fingerprint density at radius 2 is 1.10 bits per heavy atom. The van der Waals surface area contributed by atoms with Crippen molar-refractivity contribution >= 4 is 35.2 Å². The number of nitrogens with zero attached hydrogens (tertiary/aromatic N) is 6. The van der Waals surface area contributed by atoms with E-state index in [9.17, 15) is 64.0 Å². The maximum absolute atomic E-state index is 14.4. The van der Waals surface area contributed by atoms with Gasteiger partial charge in [-0.25, -0.2) is 0 Å². The second-order valence-corrected chi connectivity index (χ2v) is 16.4. The van der Waals surface area contributed by atoms with E-state index in [1.807, 2.05) is 0 Å². The summed E-state index contributed by atoms with van der Waals surface area (Å²) >= 11 is 0. The molecule has 4 aromatic rings. The van der Waals surface area contributed by atoms with Crippen molar-refractivity contribution in [3.8, 4) is 0 Å². The maximum atomic E-state index is 14.4. The number of nitrogens with one attached hydrogen (secondary N) is 4. The molecule has 3 aliphatic heterocycles. The molecule has 0 saturated carbocycles. The van der Waals surface area contributed by atoms with E-state index in [-0.39, 0.29) is 74.2 Å². The van der Waals surface area contributed by atoms with Crippen LogP contribution in [0.3, 0.4) is 0 Å². The third kappa shape index (κ3) is 10.7. The van der Waals surface area contributed by atoms with Crippen LogP contribution in [0, 0.1) is 11.8 Å². The molecule has 8 N–H and O–H groups in total. The van der Waals surface area contributed by atoms with Gasteiger partial charge in [0.15, 0.2) is 0 Å². The zero-order valence-electron chi connectivity index (χ0n) is 37.6. The van der Waals surface area contributed by atoms with Crippen LogP contribution in [0.15, 0.2) is 86.4 Å². The van der Waals surface area contributed by atoms with Crippen LogP contribution in [-0.2, 0) is 0 Å². The molecule has 7 rings (SSSR count). The average molecular weight is 931 g/mol. The number of rotatable bonds is 2. The predicted molar refractivity (Wildman–Crippen MR) is 238 cm³/mol. The number of aromatic nitrogens is 4. The van der Waals surface area contributed by atoms with Gasteiger partial charge in [0.1, 0.15) is 33.9 Å². The van der Waals surface area contributed by atoms with E-state index in [1.165, 1.54) is 47.1 Å². The van der Waals surface area contributed by atoms with Crippen molar-refractivity contribution in [1.29, 1.82) is 0 Å². The lowest BCUT2D eigenvalue weighted by Crippen LogP contribution is -2.54. The largest absolute Gasteiger partial charge is 0.425 e. The number of hydrogen-bond acceptors (Lipinski definition) is 14. The Balaban J connectivity index is 1.54. The summed E-state index contributed by atoms with van der Waals surface area (Å²) in [6, 6.07) is 9.36. The zero-order valence-corrected chi connectivity index (χ0v) is 37.6. The molecule has 0 radical (unpaired) electrons. The molecule has 7 heterocycles.